The second kappa shape index (κ2) is 7.75. The number of amides is 2. The van der Waals surface area contributed by atoms with Crippen LogP contribution >= 0.6 is 0 Å². The van der Waals surface area contributed by atoms with Gasteiger partial charge in [-0.05, 0) is 38.5 Å². The molecule has 2 atom stereocenters. The van der Waals surface area contributed by atoms with Gasteiger partial charge in [-0.1, -0.05) is 6.07 Å². The number of hydrogen-bond donors (Lipinski definition) is 2. The largest absolute Gasteiger partial charge is 0.493 e. The van der Waals surface area contributed by atoms with Gasteiger partial charge < -0.3 is 20.5 Å². The zero-order valence-electron chi connectivity index (χ0n) is 16.2. The molecule has 0 bridgehead atoms. The molecule has 29 heavy (non-hydrogen) atoms. The second-order valence-electron chi connectivity index (χ2n) is 7.38. The summed E-state index contributed by atoms with van der Waals surface area (Å²) in [5.41, 5.74) is 5.17. The minimum Gasteiger partial charge on any atom is -0.493 e. The van der Waals surface area contributed by atoms with E-state index in [2.05, 4.69) is 10.3 Å². The minimum atomic E-state index is -1.12. The monoisotopic (exact) mass is 405 g/mol. The van der Waals surface area contributed by atoms with Crippen molar-refractivity contribution in [1.29, 1.82) is 0 Å². The molecule has 0 aliphatic carbocycles. The number of ether oxygens (including phenoxy) is 2. The third kappa shape index (κ3) is 4.19. The predicted octanol–water partition coefficient (Wildman–Crippen LogP) is 2.76. The van der Waals surface area contributed by atoms with E-state index in [0.29, 0.717) is 17.7 Å². The number of primary amides is 1. The molecule has 154 valence electrons. The highest BCUT2D eigenvalue weighted by Crippen LogP contribution is 2.45. The van der Waals surface area contributed by atoms with Crippen molar-refractivity contribution < 1.29 is 27.8 Å². The Bertz CT molecular complexity index is 965. The summed E-state index contributed by atoms with van der Waals surface area (Å²) in [6, 6.07) is 5.23. The van der Waals surface area contributed by atoms with Gasteiger partial charge >= 0.3 is 0 Å². The zero-order valence-corrected chi connectivity index (χ0v) is 16.2. The first kappa shape index (κ1) is 20.7. The van der Waals surface area contributed by atoms with E-state index < -0.39 is 41.1 Å². The van der Waals surface area contributed by atoms with Crippen molar-refractivity contribution in [2.24, 2.45) is 5.73 Å². The van der Waals surface area contributed by atoms with Gasteiger partial charge in [-0.25, -0.2) is 4.39 Å². The molecule has 1 aliphatic rings. The van der Waals surface area contributed by atoms with Gasteiger partial charge in [0.05, 0.1) is 12.7 Å². The molecule has 0 spiro atoms. The Hall–Kier alpha value is -3.07. The molecule has 0 radical (unpaired) electrons. The number of carbonyl (C=O) groups is 2. The van der Waals surface area contributed by atoms with Gasteiger partial charge in [-0.15, -0.1) is 0 Å². The van der Waals surface area contributed by atoms with Crippen LogP contribution < -0.4 is 15.8 Å². The van der Waals surface area contributed by atoms with Gasteiger partial charge in [-0.3, -0.25) is 14.6 Å². The highest BCUT2D eigenvalue weighted by atomic mass is 19.2. The summed E-state index contributed by atoms with van der Waals surface area (Å²) in [7, 11) is 1.24. The maximum atomic E-state index is 14.2. The van der Waals surface area contributed by atoms with E-state index in [1.54, 1.807) is 13.8 Å². The SMILES string of the molecule is COc1c([C@@H]2CC(C)(C)O[C@@H]2C(=O)Nc2ccnc(C(N)=O)c2)ccc(F)c1F. The molecule has 9 heteroatoms. The van der Waals surface area contributed by atoms with Crippen molar-refractivity contribution in [1.82, 2.24) is 4.98 Å². The van der Waals surface area contributed by atoms with Gasteiger partial charge in [0.1, 0.15) is 11.8 Å². The molecule has 1 aromatic heterocycles. The molecule has 1 saturated heterocycles. The van der Waals surface area contributed by atoms with Crippen LogP contribution in [-0.4, -0.2) is 35.6 Å². The number of methoxy groups -OCH3 is 1. The lowest BCUT2D eigenvalue weighted by molar-refractivity contribution is -0.130. The first-order valence-corrected chi connectivity index (χ1v) is 8.89. The normalized spacial score (nSPS) is 20.3. The van der Waals surface area contributed by atoms with Crippen LogP contribution in [0.4, 0.5) is 14.5 Å². The topological polar surface area (TPSA) is 104 Å². The summed E-state index contributed by atoms with van der Waals surface area (Å²) >= 11 is 0. The van der Waals surface area contributed by atoms with E-state index in [-0.39, 0.29) is 11.4 Å². The first-order chi connectivity index (χ1) is 13.6. The van der Waals surface area contributed by atoms with Crippen LogP contribution in [0.5, 0.6) is 5.75 Å². The van der Waals surface area contributed by atoms with Gasteiger partial charge in [0, 0.05) is 23.4 Å². The van der Waals surface area contributed by atoms with Crippen molar-refractivity contribution in [2.45, 2.75) is 37.9 Å². The Morgan fingerprint density at radius 2 is 2.03 bits per heavy atom. The molecule has 1 fully saturated rings. The standard InChI is InChI=1S/C20H21F2N3O4/c1-20(2)9-12(11-4-5-13(21)15(22)16(11)28-3)17(29-20)19(27)25-10-6-7-24-14(8-10)18(23)26/h4-8,12,17H,9H2,1-3H3,(H2,23,26)(H,24,25,27)/t12-,17-/m0/s1. The van der Waals surface area contributed by atoms with E-state index in [1.807, 2.05) is 0 Å². The van der Waals surface area contributed by atoms with Crippen molar-refractivity contribution in [2.75, 3.05) is 12.4 Å². The number of aromatic nitrogens is 1. The number of anilines is 1. The van der Waals surface area contributed by atoms with Crippen LogP contribution in [0.1, 0.15) is 42.2 Å². The van der Waals surface area contributed by atoms with Crippen LogP contribution in [0, 0.1) is 11.6 Å². The lowest BCUT2D eigenvalue weighted by Gasteiger charge is -2.21. The fourth-order valence-electron chi connectivity index (χ4n) is 3.52. The van der Waals surface area contributed by atoms with Crippen molar-refractivity contribution >= 4 is 17.5 Å². The number of nitrogens with one attached hydrogen (secondary N) is 1. The van der Waals surface area contributed by atoms with Crippen molar-refractivity contribution in [3.8, 4) is 5.75 Å². The summed E-state index contributed by atoms with van der Waals surface area (Å²) in [5, 5.41) is 2.66. The smallest absolute Gasteiger partial charge is 0.267 e. The molecule has 2 amide bonds. The molecule has 3 N–H and O–H groups in total. The number of carbonyl (C=O) groups excluding carboxylic acids is 2. The number of nitrogens with two attached hydrogens (primary N) is 1. The summed E-state index contributed by atoms with van der Waals surface area (Å²) in [5.74, 6) is -4.23. The van der Waals surface area contributed by atoms with Crippen LogP contribution in [0.3, 0.4) is 0 Å². The van der Waals surface area contributed by atoms with E-state index in [0.717, 1.165) is 6.07 Å². The summed E-state index contributed by atoms with van der Waals surface area (Å²) in [6.45, 7) is 3.61. The van der Waals surface area contributed by atoms with E-state index in [1.165, 1.54) is 31.5 Å². The molecule has 2 heterocycles. The number of nitrogens with zero attached hydrogens (tertiary/aromatic N) is 1. The highest BCUT2D eigenvalue weighted by molar-refractivity contribution is 5.97. The Morgan fingerprint density at radius 3 is 2.69 bits per heavy atom. The molecule has 0 unspecified atom stereocenters. The van der Waals surface area contributed by atoms with Crippen molar-refractivity contribution in [3.63, 3.8) is 0 Å². The average Bonchev–Trinajstić information content (AvgIpc) is 2.99. The highest BCUT2D eigenvalue weighted by Gasteiger charge is 2.46. The number of benzene rings is 1. The zero-order chi connectivity index (χ0) is 21.3. The predicted molar refractivity (Wildman–Crippen MR) is 101 cm³/mol. The lowest BCUT2D eigenvalue weighted by Crippen LogP contribution is -2.33. The molecule has 7 nitrogen and oxygen atoms in total. The third-order valence-corrected chi connectivity index (χ3v) is 4.75. The third-order valence-electron chi connectivity index (χ3n) is 4.75. The molecule has 1 aliphatic heterocycles. The Labute approximate surface area is 166 Å². The van der Waals surface area contributed by atoms with Gasteiger partial charge in [0.25, 0.3) is 11.8 Å². The van der Waals surface area contributed by atoms with E-state index in [9.17, 15) is 18.4 Å². The molecular weight excluding hydrogens is 384 g/mol. The Balaban J connectivity index is 1.93. The molecular formula is C20H21F2N3O4. The van der Waals surface area contributed by atoms with Crippen LogP contribution in [-0.2, 0) is 9.53 Å². The van der Waals surface area contributed by atoms with E-state index in [4.69, 9.17) is 15.2 Å². The molecule has 3 rings (SSSR count). The van der Waals surface area contributed by atoms with Gasteiger partial charge in [0.15, 0.2) is 11.6 Å². The maximum Gasteiger partial charge on any atom is 0.267 e. The summed E-state index contributed by atoms with van der Waals surface area (Å²) in [4.78, 5) is 28.0. The number of halogens is 2. The maximum absolute atomic E-state index is 14.2. The number of rotatable bonds is 5. The van der Waals surface area contributed by atoms with Crippen LogP contribution in [0.25, 0.3) is 0 Å². The lowest BCUT2D eigenvalue weighted by atomic mass is 9.86. The van der Waals surface area contributed by atoms with Gasteiger partial charge in [-0.2, -0.15) is 4.39 Å². The number of pyridine rings is 1. The summed E-state index contributed by atoms with van der Waals surface area (Å²) < 4.78 is 38.8. The summed E-state index contributed by atoms with van der Waals surface area (Å²) in [6.07, 6.45) is 0.731. The number of hydrogen-bond acceptors (Lipinski definition) is 5. The minimum absolute atomic E-state index is 0.00528. The van der Waals surface area contributed by atoms with E-state index >= 15 is 0 Å². The fourth-order valence-corrected chi connectivity index (χ4v) is 3.52. The van der Waals surface area contributed by atoms with Crippen LogP contribution in [0.15, 0.2) is 30.5 Å². The van der Waals surface area contributed by atoms with Crippen LogP contribution in [0.2, 0.25) is 0 Å². The quantitative estimate of drug-likeness (QED) is 0.796. The first-order valence-electron chi connectivity index (χ1n) is 8.89. The van der Waals surface area contributed by atoms with Gasteiger partial charge in [0.2, 0.25) is 5.82 Å². The Morgan fingerprint density at radius 1 is 1.31 bits per heavy atom. The average molecular weight is 405 g/mol. The second-order valence-corrected chi connectivity index (χ2v) is 7.38. The fraction of sp³-hybridized carbons (Fsp3) is 0.350. The Kier molecular flexibility index (Phi) is 5.52. The van der Waals surface area contributed by atoms with Crippen molar-refractivity contribution in [3.05, 3.63) is 53.4 Å². The molecule has 2 aromatic rings. The molecule has 0 saturated carbocycles. The molecule has 1 aromatic carbocycles.